The summed E-state index contributed by atoms with van der Waals surface area (Å²) in [6.45, 7) is 1.26. The highest BCUT2D eigenvalue weighted by molar-refractivity contribution is 6.08. The van der Waals surface area contributed by atoms with Gasteiger partial charge in [0.05, 0.1) is 12.8 Å². The lowest BCUT2D eigenvalue weighted by Crippen LogP contribution is -2.32. The van der Waals surface area contributed by atoms with Crippen LogP contribution in [0, 0.1) is 11.3 Å². The lowest BCUT2D eigenvalue weighted by Gasteiger charge is -2.22. The monoisotopic (exact) mass is 403 g/mol. The number of aromatic nitrogens is 2. The maximum Gasteiger partial charge on any atom is 0.270 e. The number of nitrogens with zero attached hydrogens (tertiary/aromatic N) is 2. The van der Waals surface area contributed by atoms with Gasteiger partial charge in [-0.25, -0.2) is 4.98 Å². The van der Waals surface area contributed by atoms with E-state index in [9.17, 15) is 4.79 Å². The molecule has 0 radical (unpaired) electrons. The molecular formula is C23H25N5O2. The van der Waals surface area contributed by atoms with Crippen molar-refractivity contribution in [2.75, 3.05) is 13.7 Å². The van der Waals surface area contributed by atoms with Crippen molar-refractivity contribution < 1.29 is 9.53 Å². The van der Waals surface area contributed by atoms with Gasteiger partial charge in [0, 0.05) is 36.5 Å². The maximum absolute atomic E-state index is 13.3. The van der Waals surface area contributed by atoms with Gasteiger partial charge >= 0.3 is 0 Å². The minimum atomic E-state index is -0.0501. The molecule has 2 aromatic heterocycles. The number of allylic oxidation sites excluding steroid dienone is 1. The first-order valence-corrected chi connectivity index (χ1v) is 9.96. The maximum atomic E-state index is 13.3. The van der Waals surface area contributed by atoms with Crippen LogP contribution in [0.1, 0.15) is 34.6 Å². The molecule has 0 bridgehead atoms. The standard InChI is InChI=1S/C23H25N5O2/c1-30-19-4-2-3-16(9-19)14-28(13-15-5-6-15)23(29)21-10-17-7-8-20(18(11-24)12-25)26-22(17)27-21/h2-4,7-12,15,24H,5-6,13-14,25H2,1H3,(H,26,27)/b18-12+,24-11?. The van der Waals surface area contributed by atoms with Crippen LogP contribution in [0.15, 0.2) is 48.7 Å². The Balaban J connectivity index is 1.61. The minimum Gasteiger partial charge on any atom is -0.497 e. The third kappa shape index (κ3) is 4.20. The van der Waals surface area contributed by atoms with Crippen molar-refractivity contribution in [3.8, 4) is 5.75 Å². The fourth-order valence-corrected chi connectivity index (χ4v) is 3.48. The molecule has 1 fully saturated rings. The number of nitrogens with two attached hydrogens (primary N) is 1. The van der Waals surface area contributed by atoms with E-state index in [2.05, 4.69) is 9.97 Å². The van der Waals surface area contributed by atoms with E-state index in [1.54, 1.807) is 13.2 Å². The van der Waals surface area contributed by atoms with Crippen molar-refractivity contribution in [2.24, 2.45) is 11.7 Å². The zero-order chi connectivity index (χ0) is 21.1. The Kier molecular flexibility index (Phi) is 5.52. The fraction of sp³-hybridized carbons (Fsp3) is 0.261. The Bertz CT molecular complexity index is 1110. The number of amides is 1. The summed E-state index contributed by atoms with van der Waals surface area (Å²) in [6.07, 6.45) is 4.84. The van der Waals surface area contributed by atoms with Gasteiger partial charge in [0.25, 0.3) is 5.91 Å². The molecule has 1 aromatic carbocycles. The zero-order valence-electron chi connectivity index (χ0n) is 16.9. The Morgan fingerprint density at radius 1 is 1.33 bits per heavy atom. The van der Waals surface area contributed by atoms with Crippen molar-refractivity contribution in [1.29, 1.82) is 5.41 Å². The van der Waals surface area contributed by atoms with E-state index in [4.69, 9.17) is 15.9 Å². The Labute approximate surface area is 175 Å². The third-order valence-corrected chi connectivity index (χ3v) is 5.31. The van der Waals surface area contributed by atoms with Gasteiger partial charge in [0.1, 0.15) is 17.1 Å². The number of aromatic amines is 1. The number of carbonyl (C=O) groups excluding carboxylic acids is 1. The average molecular weight is 403 g/mol. The summed E-state index contributed by atoms with van der Waals surface area (Å²) in [5.41, 5.74) is 8.82. The van der Waals surface area contributed by atoms with Gasteiger partial charge in [-0.15, -0.1) is 0 Å². The molecule has 2 heterocycles. The molecule has 4 rings (SSSR count). The highest BCUT2D eigenvalue weighted by atomic mass is 16.5. The largest absolute Gasteiger partial charge is 0.497 e. The van der Waals surface area contributed by atoms with E-state index in [1.165, 1.54) is 6.20 Å². The number of pyridine rings is 1. The molecule has 0 aliphatic heterocycles. The van der Waals surface area contributed by atoms with E-state index < -0.39 is 0 Å². The van der Waals surface area contributed by atoms with Crippen molar-refractivity contribution in [2.45, 2.75) is 19.4 Å². The van der Waals surface area contributed by atoms with Crippen LogP contribution in [0.2, 0.25) is 0 Å². The summed E-state index contributed by atoms with van der Waals surface area (Å²) in [7, 11) is 1.64. The van der Waals surface area contributed by atoms with Crippen LogP contribution >= 0.6 is 0 Å². The second-order valence-electron chi connectivity index (χ2n) is 7.56. The number of carbonyl (C=O) groups is 1. The molecule has 0 spiro atoms. The average Bonchev–Trinajstić information content (AvgIpc) is 3.49. The number of ether oxygens (including phenoxy) is 1. The topological polar surface area (TPSA) is 108 Å². The molecule has 1 amide bonds. The molecule has 0 unspecified atom stereocenters. The van der Waals surface area contributed by atoms with Crippen LogP contribution in [0.3, 0.4) is 0 Å². The summed E-state index contributed by atoms with van der Waals surface area (Å²) < 4.78 is 5.32. The molecule has 3 aromatic rings. The Morgan fingerprint density at radius 3 is 2.87 bits per heavy atom. The van der Waals surface area contributed by atoms with Gasteiger partial charge in [0.15, 0.2) is 0 Å². The van der Waals surface area contributed by atoms with Gasteiger partial charge in [0.2, 0.25) is 0 Å². The molecule has 30 heavy (non-hydrogen) atoms. The highest BCUT2D eigenvalue weighted by Crippen LogP contribution is 2.31. The van der Waals surface area contributed by atoms with Gasteiger partial charge in [-0.1, -0.05) is 12.1 Å². The SMILES string of the molecule is COc1cccc(CN(CC2CC2)C(=O)c2cc3ccc(/C(C=N)=C/N)nc3[nH]2)c1. The number of hydrogen-bond donors (Lipinski definition) is 3. The van der Waals surface area contributed by atoms with Crippen molar-refractivity contribution >= 4 is 28.7 Å². The molecule has 1 aliphatic rings. The number of nitrogens with one attached hydrogen (secondary N) is 2. The number of benzene rings is 1. The summed E-state index contributed by atoms with van der Waals surface area (Å²) >= 11 is 0. The lowest BCUT2D eigenvalue weighted by atomic mass is 10.1. The van der Waals surface area contributed by atoms with E-state index >= 15 is 0 Å². The number of hydrogen-bond acceptors (Lipinski definition) is 5. The van der Waals surface area contributed by atoms with Crippen LogP contribution in [0.4, 0.5) is 0 Å². The highest BCUT2D eigenvalue weighted by Gasteiger charge is 2.28. The summed E-state index contributed by atoms with van der Waals surface area (Å²) in [4.78, 5) is 22.9. The molecule has 1 saturated carbocycles. The van der Waals surface area contributed by atoms with Crippen molar-refractivity contribution in [3.05, 3.63) is 65.6 Å². The van der Waals surface area contributed by atoms with Crippen LogP contribution < -0.4 is 10.5 Å². The molecule has 0 saturated heterocycles. The van der Waals surface area contributed by atoms with Crippen molar-refractivity contribution in [3.63, 3.8) is 0 Å². The first-order chi connectivity index (χ1) is 14.6. The van der Waals surface area contributed by atoms with E-state index in [1.807, 2.05) is 41.3 Å². The second-order valence-corrected chi connectivity index (χ2v) is 7.56. The summed E-state index contributed by atoms with van der Waals surface area (Å²) in [5.74, 6) is 1.30. The van der Waals surface area contributed by atoms with Crippen LogP contribution in [0.5, 0.6) is 5.75 Å². The Morgan fingerprint density at radius 2 is 2.17 bits per heavy atom. The second kappa shape index (κ2) is 8.41. The molecule has 4 N–H and O–H groups in total. The van der Waals surface area contributed by atoms with Crippen LogP contribution in [-0.2, 0) is 6.54 Å². The molecule has 7 heteroatoms. The van der Waals surface area contributed by atoms with Gasteiger partial charge in [-0.3, -0.25) is 4.79 Å². The minimum absolute atomic E-state index is 0.0501. The number of H-pyrrole nitrogens is 1. The quantitative estimate of drug-likeness (QED) is 0.500. The first kappa shape index (κ1) is 19.7. The molecule has 1 aliphatic carbocycles. The molecule has 154 valence electrons. The fourth-order valence-electron chi connectivity index (χ4n) is 3.48. The molecular weight excluding hydrogens is 378 g/mol. The van der Waals surface area contributed by atoms with E-state index in [-0.39, 0.29) is 5.91 Å². The first-order valence-electron chi connectivity index (χ1n) is 9.96. The predicted octanol–water partition coefficient (Wildman–Crippen LogP) is 3.57. The van der Waals surface area contributed by atoms with Crippen LogP contribution in [0.25, 0.3) is 16.6 Å². The van der Waals surface area contributed by atoms with Crippen molar-refractivity contribution in [1.82, 2.24) is 14.9 Å². The predicted molar refractivity (Wildman–Crippen MR) is 118 cm³/mol. The van der Waals surface area contributed by atoms with Crippen LogP contribution in [-0.4, -0.2) is 40.6 Å². The number of methoxy groups -OCH3 is 1. The normalized spacial score (nSPS) is 14.0. The molecule has 7 nitrogen and oxygen atoms in total. The van der Waals surface area contributed by atoms with Gasteiger partial charge in [-0.05, 0) is 54.7 Å². The van der Waals surface area contributed by atoms with Gasteiger partial charge < -0.3 is 25.8 Å². The summed E-state index contributed by atoms with van der Waals surface area (Å²) in [5, 5.41) is 8.29. The zero-order valence-corrected chi connectivity index (χ0v) is 16.9. The smallest absolute Gasteiger partial charge is 0.270 e. The lowest BCUT2D eigenvalue weighted by molar-refractivity contribution is 0.0729. The number of fused-ring (bicyclic) bond motifs is 1. The number of rotatable bonds is 8. The summed E-state index contributed by atoms with van der Waals surface area (Å²) in [6, 6.07) is 13.3. The van der Waals surface area contributed by atoms with E-state index in [0.29, 0.717) is 35.1 Å². The Hall–Kier alpha value is -3.61. The molecule has 0 atom stereocenters. The van der Waals surface area contributed by atoms with Gasteiger partial charge in [-0.2, -0.15) is 0 Å². The van der Waals surface area contributed by atoms with E-state index in [0.717, 1.165) is 42.3 Å². The third-order valence-electron chi connectivity index (χ3n) is 5.31.